The second-order valence-corrected chi connectivity index (χ2v) is 4.04. The highest BCUT2D eigenvalue weighted by Gasteiger charge is 2.07. The molecule has 18 heavy (non-hydrogen) atoms. The summed E-state index contributed by atoms with van der Waals surface area (Å²) in [5.41, 5.74) is 1.84. The van der Waals surface area contributed by atoms with E-state index in [0.717, 1.165) is 18.9 Å². The Morgan fingerprint density at radius 2 is 1.83 bits per heavy atom. The molecule has 0 bridgehead atoms. The van der Waals surface area contributed by atoms with E-state index >= 15 is 0 Å². The van der Waals surface area contributed by atoms with E-state index in [9.17, 15) is 0 Å². The van der Waals surface area contributed by atoms with Gasteiger partial charge in [0.15, 0.2) is 5.82 Å². The molecule has 1 N–H and O–H groups in total. The lowest BCUT2D eigenvalue weighted by molar-refractivity contribution is 0.275. The Balaban J connectivity index is 2.12. The summed E-state index contributed by atoms with van der Waals surface area (Å²) in [4.78, 5) is 2.14. The first-order valence-corrected chi connectivity index (χ1v) is 6.06. The van der Waals surface area contributed by atoms with Gasteiger partial charge in [-0.05, 0) is 24.6 Å². The van der Waals surface area contributed by atoms with Crippen LogP contribution >= 0.6 is 0 Å². The van der Waals surface area contributed by atoms with Gasteiger partial charge in [-0.1, -0.05) is 30.3 Å². The second kappa shape index (κ2) is 6.12. The maximum atomic E-state index is 8.94. The van der Waals surface area contributed by atoms with Gasteiger partial charge in [-0.15, -0.1) is 5.10 Å². The van der Waals surface area contributed by atoms with Crippen molar-refractivity contribution in [3.05, 3.63) is 53.7 Å². The van der Waals surface area contributed by atoms with E-state index in [-0.39, 0.29) is 6.61 Å². The lowest BCUT2D eigenvalue weighted by Gasteiger charge is -2.21. The molecule has 94 valence electrons. The highest BCUT2D eigenvalue weighted by molar-refractivity contribution is 5.38. The Bertz CT molecular complexity index is 470. The molecule has 0 saturated carbocycles. The maximum Gasteiger partial charge on any atom is 0.151 e. The van der Waals surface area contributed by atoms with Crippen LogP contribution in [0.4, 0.5) is 5.82 Å². The second-order valence-electron chi connectivity index (χ2n) is 4.04. The molecule has 0 aliphatic carbocycles. The van der Waals surface area contributed by atoms with Crippen molar-refractivity contribution in [3.8, 4) is 0 Å². The molecule has 1 aromatic carbocycles. The third-order valence-electron chi connectivity index (χ3n) is 2.79. The van der Waals surface area contributed by atoms with Gasteiger partial charge in [-0.3, -0.25) is 0 Å². The van der Waals surface area contributed by atoms with Crippen molar-refractivity contribution >= 4 is 5.82 Å². The van der Waals surface area contributed by atoms with E-state index in [0.29, 0.717) is 5.69 Å². The number of nitrogens with zero attached hydrogens (tertiary/aromatic N) is 3. The number of hydrogen-bond acceptors (Lipinski definition) is 4. The van der Waals surface area contributed by atoms with Crippen LogP contribution in [0.15, 0.2) is 42.5 Å². The van der Waals surface area contributed by atoms with Gasteiger partial charge < -0.3 is 10.0 Å². The topological polar surface area (TPSA) is 49.2 Å². The predicted molar refractivity (Wildman–Crippen MR) is 71.1 cm³/mol. The summed E-state index contributed by atoms with van der Waals surface area (Å²) < 4.78 is 0. The molecule has 0 unspecified atom stereocenters. The summed E-state index contributed by atoms with van der Waals surface area (Å²) in [6, 6.07) is 14.0. The van der Waals surface area contributed by atoms with Gasteiger partial charge in [0.25, 0.3) is 0 Å². The van der Waals surface area contributed by atoms with E-state index in [4.69, 9.17) is 5.11 Å². The van der Waals surface area contributed by atoms with E-state index in [1.54, 1.807) is 6.07 Å². The van der Waals surface area contributed by atoms with Crippen LogP contribution in [0.2, 0.25) is 0 Å². The minimum atomic E-state index is -0.0713. The number of aromatic nitrogens is 2. The van der Waals surface area contributed by atoms with Crippen LogP contribution in [0.1, 0.15) is 18.2 Å². The van der Waals surface area contributed by atoms with Crippen LogP contribution in [0.5, 0.6) is 0 Å². The lowest BCUT2D eigenvalue weighted by Crippen LogP contribution is -2.23. The largest absolute Gasteiger partial charge is 0.390 e. The van der Waals surface area contributed by atoms with Crippen LogP contribution in [0.25, 0.3) is 0 Å². The Morgan fingerprint density at radius 1 is 1.06 bits per heavy atom. The number of aliphatic hydroxyl groups excluding tert-OH is 1. The van der Waals surface area contributed by atoms with Crippen LogP contribution < -0.4 is 4.90 Å². The molecule has 0 radical (unpaired) electrons. The van der Waals surface area contributed by atoms with Crippen molar-refractivity contribution in [1.82, 2.24) is 10.2 Å². The van der Waals surface area contributed by atoms with Gasteiger partial charge in [-0.25, -0.2) is 0 Å². The molecule has 0 atom stereocenters. The smallest absolute Gasteiger partial charge is 0.151 e. The maximum absolute atomic E-state index is 8.94. The van der Waals surface area contributed by atoms with E-state index in [1.165, 1.54) is 5.56 Å². The fourth-order valence-electron chi connectivity index (χ4n) is 1.76. The number of aliphatic hydroxyl groups is 1. The Morgan fingerprint density at radius 3 is 2.39 bits per heavy atom. The molecule has 2 aromatic rings. The first-order chi connectivity index (χ1) is 8.83. The molecule has 0 aliphatic heterocycles. The molecule has 4 nitrogen and oxygen atoms in total. The zero-order valence-corrected chi connectivity index (χ0v) is 10.5. The monoisotopic (exact) mass is 243 g/mol. The highest BCUT2D eigenvalue weighted by Crippen LogP contribution is 2.13. The zero-order valence-electron chi connectivity index (χ0n) is 10.5. The quantitative estimate of drug-likeness (QED) is 0.872. The zero-order chi connectivity index (χ0) is 12.8. The SMILES string of the molecule is CCN(Cc1ccccc1)c1ccc(CO)nn1. The summed E-state index contributed by atoms with van der Waals surface area (Å²) >= 11 is 0. The molecule has 1 aromatic heterocycles. The average Bonchev–Trinajstić information content (AvgIpc) is 2.46. The van der Waals surface area contributed by atoms with E-state index in [2.05, 4.69) is 34.2 Å². The first kappa shape index (κ1) is 12.5. The van der Waals surface area contributed by atoms with Gasteiger partial charge >= 0.3 is 0 Å². The standard InChI is InChI=1S/C14H17N3O/c1-2-17(10-12-6-4-3-5-7-12)14-9-8-13(11-18)15-16-14/h3-9,18H,2,10-11H2,1H3. The minimum absolute atomic E-state index is 0.0713. The number of hydrogen-bond donors (Lipinski definition) is 1. The van der Waals surface area contributed by atoms with Gasteiger partial charge in [0.1, 0.15) is 0 Å². The van der Waals surface area contributed by atoms with Crippen LogP contribution in [0.3, 0.4) is 0 Å². The molecule has 0 fully saturated rings. The summed E-state index contributed by atoms with van der Waals surface area (Å²) in [5.74, 6) is 0.832. The van der Waals surface area contributed by atoms with Gasteiger partial charge in [-0.2, -0.15) is 5.10 Å². The molecule has 0 aliphatic rings. The van der Waals surface area contributed by atoms with Crippen LogP contribution in [-0.4, -0.2) is 21.8 Å². The fraction of sp³-hybridized carbons (Fsp3) is 0.286. The minimum Gasteiger partial charge on any atom is -0.390 e. The van der Waals surface area contributed by atoms with Crippen molar-refractivity contribution in [2.24, 2.45) is 0 Å². The summed E-state index contributed by atoms with van der Waals surface area (Å²) in [5, 5.41) is 17.0. The Labute approximate surface area is 107 Å². The third kappa shape index (κ3) is 3.05. The normalized spacial score (nSPS) is 10.3. The van der Waals surface area contributed by atoms with Gasteiger partial charge in [0.2, 0.25) is 0 Å². The summed E-state index contributed by atoms with van der Waals surface area (Å²) in [6.45, 7) is 3.69. The van der Waals surface area contributed by atoms with Gasteiger partial charge in [0.05, 0.1) is 12.3 Å². The summed E-state index contributed by atoms with van der Waals surface area (Å²) in [7, 11) is 0. The van der Waals surface area contributed by atoms with E-state index < -0.39 is 0 Å². The molecule has 1 heterocycles. The predicted octanol–water partition coefficient (Wildman–Crippen LogP) is 2.00. The van der Waals surface area contributed by atoms with E-state index in [1.807, 2.05) is 24.3 Å². The summed E-state index contributed by atoms with van der Waals surface area (Å²) in [6.07, 6.45) is 0. The number of rotatable bonds is 5. The fourth-order valence-corrected chi connectivity index (χ4v) is 1.76. The molecule has 4 heteroatoms. The molecule has 0 saturated heterocycles. The van der Waals surface area contributed by atoms with Crippen molar-refractivity contribution in [2.75, 3.05) is 11.4 Å². The van der Waals surface area contributed by atoms with Gasteiger partial charge in [0, 0.05) is 13.1 Å². The first-order valence-electron chi connectivity index (χ1n) is 6.06. The van der Waals surface area contributed by atoms with Crippen molar-refractivity contribution in [2.45, 2.75) is 20.1 Å². The average molecular weight is 243 g/mol. The molecule has 0 spiro atoms. The van der Waals surface area contributed by atoms with Crippen molar-refractivity contribution in [1.29, 1.82) is 0 Å². The molecular formula is C14H17N3O. The number of anilines is 1. The Kier molecular flexibility index (Phi) is 4.25. The third-order valence-corrected chi connectivity index (χ3v) is 2.79. The molecule has 2 rings (SSSR count). The van der Waals surface area contributed by atoms with Crippen LogP contribution in [-0.2, 0) is 13.2 Å². The lowest BCUT2D eigenvalue weighted by atomic mass is 10.2. The van der Waals surface area contributed by atoms with Crippen molar-refractivity contribution < 1.29 is 5.11 Å². The number of benzene rings is 1. The van der Waals surface area contributed by atoms with Crippen molar-refractivity contribution in [3.63, 3.8) is 0 Å². The Hall–Kier alpha value is -1.94. The molecular weight excluding hydrogens is 226 g/mol. The highest BCUT2D eigenvalue weighted by atomic mass is 16.3. The van der Waals surface area contributed by atoms with Crippen LogP contribution in [0, 0.1) is 0 Å². The molecule has 0 amide bonds.